The van der Waals surface area contributed by atoms with Gasteiger partial charge in [0.25, 0.3) is 0 Å². The molecular formula is C14H17F2N3O. The predicted molar refractivity (Wildman–Crippen MR) is 74.7 cm³/mol. The van der Waals surface area contributed by atoms with Gasteiger partial charge in [0.2, 0.25) is 0 Å². The number of terminal acetylenes is 1. The molecule has 20 heavy (non-hydrogen) atoms. The standard InChI is InChI=1S/C14H17F2N3O/c1-3-8-18-14(17-4-2)19-10-11-6-5-7-12(9-11)20-13(15)16/h1,5-7,9,13H,4,8,10H2,2H3,(H2,17,18,19). The second-order valence-electron chi connectivity index (χ2n) is 3.78. The van der Waals surface area contributed by atoms with Crippen molar-refractivity contribution in [3.63, 3.8) is 0 Å². The Morgan fingerprint density at radius 3 is 2.90 bits per heavy atom. The molecule has 1 aromatic rings. The average molecular weight is 281 g/mol. The summed E-state index contributed by atoms with van der Waals surface area (Å²) in [7, 11) is 0. The van der Waals surface area contributed by atoms with E-state index in [4.69, 9.17) is 6.42 Å². The minimum Gasteiger partial charge on any atom is -0.435 e. The monoisotopic (exact) mass is 281 g/mol. The molecular weight excluding hydrogens is 264 g/mol. The van der Waals surface area contributed by atoms with Crippen LogP contribution >= 0.6 is 0 Å². The molecule has 0 aliphatic rings. The van der Waals surface area contributed by atoms with Crippen LogP contribution < -0.4 is 15.4 Å². The Balaban J connectivity index is 2.68. The topological polar surface area (TPSA) is 45.7 Å². The Labute approximate surface area is 117 Å². The molecule has 4 nitrogen and oxygen atoms in total. The minimum atomic E-state index is -2.83. The number of benzene rings is 1. The molecule has 0 aliphatic carbocycles. The third-order valence-electron chi connectivity index (χ3n) is 2.25. The summed E-state index contributed by atoms with van der Waals surface area (Å²) in [6.07, 6.45) is 5.16. The lowest BCUT2D eigenvalue weighted by Gasteiger charge is -2.09. The highest BCUT2D eigenvalue weighted by atomic mass is 19.3. The van der Waals surface area contributed by atoms with Gasteiger partial charge in [0.1, 0.15) is 5.75 Å². The second-order valence-corrected chi connectivity index (χ2v) is 3.78. The molecule has 0 aromatic heterocycles. The SMILES string of the molecule is C#CCNC(=NCc1cccc(OC(F)F)c1)NCC. The van der Waals surface area contributed by atoms with E-state index >= 15 is 0 Å². The summed E-state index contributed by atoms with van der Waals surface area (Å²) in [4.78, 5) is 4.30. The number of ether oxygens (including phenoxy) is 1. The molecule has 0 amide bonds. The Morgan fingerprint density at radius 2 is 2.25 bits per heavy atom. The quantitative estimate of drug-likeness (QED) is 0.476. The molecule has 0 saturated carbocycles. The maximum Gasteiger partial charge on any atom is 0.387 e. The van der Waals surface area contributed by atoms with E-state index in [0.717, 1.165) is 5.56 Å². The average Bonchev–Trinajstić information content (AvgIpc) is 2.41. The van der Waals surface area contributed by atoms with Crippen molar-refractivity contribution in [2.24, 2.45) is 4.99 Å². The zero-order chi connectivity index (χ0) is 14.8. The molecule has 1 rings (SSSR count). The Kier molecular flexibility index (Phi) is 6.90. The fourth-order valence-corrected chi connectivity index (χ4v) is 1.47. The van der Waals surface area contributed by atoms with Gasteiger partial charge in [-0.25, -0.2) is 4.99 Å². The summed E-state index contributed by atoms with van der Waals surface area (Å²) >= 11 is 0. The van der Waals surface area contributed by atoms with Crippen molar-refractivity contribution in [2.45, 2.75) is 20.1 Å². The Morgan fingerprint density at radius 1 is 1.45 bits per heavy atom. The number of halogens is 2. The van der Waals surface area contributed by atoms with Crippen molar-refractivity contribution in [2.75, 3.05) is 13.1 Å². The molecule has 0 fully saturated rings. The maximum atomic E-state index is 12.1. The fraction of sp³-hybridized carbons (Fsp3) is 0.357. The molecule has 0 saturated heterocycles. The van der Waals surface area contributed by atoms with Gasteiger partial charge >= 0.3 is 6.61 Å². The van der Waals surface area contributed by atoms with Crippen LogP contribution in [-0.2, 0) is 6.54 Å². The van der Waals surface area contributed by atoms with Gasteiger partial charge in [0.15, 0.2) is 5.96 Å². The number of hydrogen-bond donors (Lipinski definition) is 2. The molecule has 0 radical (unpaired) electrons. The summed E-state index contributed by atoms with van der Waals surface area (Å²) in [5.41, 5.74) is 0.765. The van der Waals surface area contributed by atoms with E-state index in [-0.39, 0.29) is 5.75 Å². The molecule has 1 aromatic carbocycles. The predicted octanol–water partition coefficient (Wildman–Crippen LogP) is 1.98. The van der Waals surface area contributed by atoms with E-state index in [2.05, 4.69) is 26.3 Å². The Hall–Kier alpha value is -2.29. The van der Waals surface area contributed by atoms with Crippen LogP contribution in [0.3, 0.4) is 0 Å². The minimum absolute atomic E-state index is 0.120. The van der Waals surface area contributed by atoms with Crippen LogP contribution in [0.15, 0.2) is 29.3 Å². The van der Waals surface area contributed by atoms with Gasteiger partial charge in [-0.3, -0.25) is 0 Å². The summed E-state index contributed by atoms with van der Waals surface area (Å²) in [5.74, 6) is 3.14. The first-order chi connectivity index (χ1) is 9.65. The largest absolute Gasteiger partial charge is 0.435 e. The van der Waals surface area contributed by atoms with E-state index in [9.17, 15) is 8.78 Å². The summed E-state index contributed by atoms with van der Waals surface area (Å²) in [6.45, 7) is 0.499. The van der Waals surface area contributed by atoms with Crippen LogP contribution in [0.5, 0.6) is 5.75 Å². The van der Waals surface area contributed by atoms with Crippen molar-refractivity contribution in [1.82, 2.24) is 10.6 Å². The lowest BCUT2D eigenvalue weighted by atomic mass is 10.2. The lowest BCUT2D eigenvalue weighted by Crippen LogP contribution is -2.37. The van der Waals surface area contributed by atoms with E-state index in [1.54, 1.807) is 12.1 Å². The zero-order valence-electron chi connectivity index (χ0n) is 11.2. The second kappa shape index (κ2) is 8.75. The third kappa shape index (κ3) is 6.05. The van der Waals surface area contributed by atoms with E-state index in [1.165, 1.54) is 12.1 Å². The summed E-state index contributed by atoms with van der Waals surface area (Å²) < 4.78 is 28.6. The normalized spacial score (nSPS) is 11.1. The summed E-state index contributed by atoms with van der Waals surface area (Å²) in [6, 6.07) is 6.43. The van der Waals surface area contributed by atoms with Crippen molar-refractivity contribution in [3.8, 4) is 18.1 Å². The first-order valence-corrected chi connectivity index (χ1v) is 6.15. The zero-order valence-corrected chi connectivity index (χ0v) is 11.2. The van der Waals surface area contributed by atoms with Gasteiger partial charge in [-0.15, -0.1) is 6.42 Å². The highest BCUT2D eigenvalue weighted by Gasteiger charge is 2.04. The van der Waals surface area contributed by atoms with Gasteiger partial charge in [0, 0.05) is 6.54 Å². The molecule has 0 spiro atoms. The van der Waals surface area contributed by atoms with E-state index in [0.29, 0.717) is 25.6 Å². The van der Waals surface area contributed by atoms with Crippen molar-refractivity contribution < 1.29 is 13.5 Å². The molecule has 0 aliphatic heterocycles. The van der Waals surface area contributed by atoms with E-state index in [1.807, 2.05) is 6.92 Å². The number of nitrogens with zero attached hydrogens (tertiary/aromatic N) is 1. The van der Waals surface area contributed by atoms with Crippen LogP contribution in [0.25, 0.3) is 0 Å². The van der Waals surface area contributed by atoms with Crippen molar-refractivity contribution in [1.29, 1.82) is 0 Å². The van der Waals surface area contributed by atoms with Gasteiger partial charge in [-0.1, -0.05) is 18.1 Å². The molecule has 0 bridgehead atoms. The number of hydrogen-bond acceptors (Lipinski definition) is 2. The number of nitrogens with one attached hydrogen (secondary N) is 2. The third-order valence-corrected chi connectivity index (χ3v) is 2.25. The fourth-order valence-electron chi connectivity index (χ4n) is 1.47. The van der Waals surface area contributed by atoms with Crippen LogP contribution in [0.4, 0.5) is 8.78 Å². The lowest BCUT2D eigenvalue weighted by molar-refractivity contribution is -0.0498. The molecule has 0 unspecified atom stereocenters. The van der Waals surface area contributed by atoms with Gasteiger partial charge in [0.05, 0.1) is 13.1 Å². The van der Waals surface area contributed by atoms with Crippen LogP contribution in [0.1, 0.15) is 12.5 Å². The number of aliphatic imine (C=N–C) groups is 1. The molecule has 0 heterocycles. The van der Waals surface area contributed by atoms with Crippen LogP contribution in [0, 0.1) is 12.3 Å². The van der Waals surface area contributed by atoms with Crippen molar-refractivity contribution in [3.05, 3.63) is 29.8 Å². The Bertz CT molecular complexity index is 484. The number of guanidine groups is 1. The van der Waals surface area contributed by atoms with Crippen molar-refractivity contribution >= 4 is 5.96 Å². The summed E-state index contributed by atoms with van der Waals surface area (Å²) in [5, 5.41) is 5.97. The van der Waals surface area contributed by atoms with E-state index < -0.39 is 6.61 Å². The molecule has 0 atom stereocenters. The molecule has 2 N–H and O–H groups in total. The first kappa shape index (κ1) is 15.8. The molecule has 6 heteroatoms. The first-order valence-electron chi connectivity index (χ1n) is 6.15. The maximum absolute atomic E-state index is 12.1. The number of alkyl halides is 2. The highest BCUT2D eigenvalue weighted by molar-refractivity contribution is 5.79. The van der Waals surface area contributed by atoms with Crippen LogP contribution in [-0.4, -0.2) is 25.7 Å². The van der Waals surface area contributed by atoms with Gasteiger partial charge in [-0.05, 0) is 24.6 Å². The van der Waals surface area contributed by atoms with Gasteiger partial charge in [-0.2, -0.15) is 8.78 Å². The van der Waals surface area contributed by atoms with Crippen LogP contribution in [0.2, 0.25) is 0 Å². The smallest absolute Gasteiger partial charge is 0.387 e. The number of rotatable bonds is 6. The molecule has 108 valence electrons. The highest BCUT2D eigenvalue weighted by Crippen LogP contribution is 2.16. The van der Waals surface area contributed by atoms with Gasteiger partial charge < -0.3 is 15.4 Å².